The van der Waals surface area contributed by atoms with Crippen LogP contribution in [0.2, 0.25) is 0 Å². The molecule has 1 saturated heterocycles. The van der Waals surface area contributed by atoms with Crippen LogP contribution in [0.25, 0.3) is 146 Å². The van der Waals surface area contributed by atoms with Crippen molar-refractivity contribution in [1.29, 1.82) is 0 Å². The second kappa shape index (κ2) is 33.6. The Bertz CT molecular complexity index is 7490. The summed E-state index contributed by atoms with van der Waals surface area (Å²) >= 11 is 14.0. The highest BCUT2D eigenvalue weighted by atomic mass is 79.9. The molecule has 1 N–H and O–H groups in total. The summed E-state index contributed by atoms with van der Waals surface area (Å²) in [5, 5.41) is 45.9. The second-order valence-electron chi connectivity index (χ2n) is 30.0. The molecule has 578 valence electrons. The number of rotatable bonds is 7. The highest BCUT2D eigenvalue weighted by molar-refractivity contribution is 9.11. The average Bonchev–Trinajstić information content (AvgIpc) is 1.58. The fourth-order valence-electron chi connectivity index (χ4n) is 15.6. The molecule has 6 heterocycles. The lowest BCUT2D eigenvalue weighted by Crippen LogP contribution is -2.41. The minimum Gasteiger partial charge on any atom is -0.399 e. The quantitative estimate of drug-likeness (QED) is 0.0734. The molecule has 9 nitrogen and oxygen atoms in total. The zero-order chi connectivity index (χ0) is 81.5. The number of halogens is 2. The van der Waals surface area contributed by atoms with Gasteiger partial charge in [0.1, 0.15) is 4.47 Å². The molecule has 0 atom stereocenters. The van der Waals surface area contributed by atoms with Gasteiger partial charge in [-0.1, -0.05) is 277 Å². The number of nitro benzene ring substituents is 2. The predicted molar refractivity (Wildman–Crippen MR) is 521 cm³/mol. The molecule has 0 amide bonds. The van der Waals surface area contributed by atoms with E-state index in [2.05, 4.69) is 338 Å². The molecular formula is C102H73BBr2N3O6PS4. The SMILES string of the molecule is Brc1ccc2sc3ccccc3c2c1.CC1(C)OB(c2ccc3sc4ccccc4c3c2)OC1(C)C.O=[N+]([O-])c1ccc2ccccc2c1-c1ccc2sc3ccccc3c2c1.O=[N+]([O-])c1ccc2ccccc2c1Br.c1ccc(P(c2ccccc2)c2ccccc2)cc1.c1ccc2c(c1)ccc1[nH]c3cc4sc5ccccc5c4cc3c12. The molecule has 1 fully saturated rings. The Kier molecular flexibility index (Phi) is 22.2. The highest BCUT2D eigenvalue weighted by Crippen LogP contribution is 2.45. The molecule has 22 aromatic rings. The minimum atomic E-state index is -0.446. The van der Waals surface area contributed by atoms with E-state index < -0.39 is 12.8 Å². The zero-order valence-corrected chi connectivity index (χ0v) is 72.2. The number of nitro groups is 2. The maximum atomic E-state index is 11.7. The summed E-state index contributed by atoms with van der Waals surface area (Å²) in [7, 11) is -0.744. The van der Waals surface area contributed by atoms with Gasteiger partial charge in [-0.25, -0.2) is 0 Å². The van der Waals surface area contributed by atoms with Gasteiger partial charge in [0.25, 0.3) is 11.4 Å². The van der Waals surface area contributed by atoms with E-state index in [4.69, 9.17) is 9.31 Å². The summed E-state index contributed by atoms with van der Waals surface area (Å²) in [5.74, 6) is 0. The number of H-pyrrole nitrogens is 1. The molecule has 23 rings (SSSR count). The molecule has 1 aliphatic rings. The Balaban J connectivity index is 0.0000000996. The molecule has 119 heavy (non-hydrogen) atoms. The van der Waals surface area contributed by atoms with Crippen molar-refractivity contribution in [3.05, 3.63) is 393 Å². The highest BCUT2D eigenvalue weighted by Gasteiger charge is 2.51. The molecular weight excluding hydrogens is 1690 g/mol. The molecule has 5 aromatic heterocycles. The maximum absolute atomic E-state index is 11.7. The number of aromatic nitrogens is 1. The summed E-state index contributed by atoms with van der Waals surface area (Å²) in [5.41, 5.74) is 4.73. The van der Waals surface area contributed by atoms with Gasteiger partial charge >= 0.3 is 7.12 Å². The van der Waals surface area contributed by atoms with Gasteiger partial charge in [-0.05, 0) is 202 Å². The lowest BCUT2D eigenvalue weighted by atomic mass is 9.78. The monoisotopic (exact) mass is 1760 g/mol. The normalized spacial score (nSPS) is 12.9. The summed E-state index contributed by atoms with van der Waals surface area (Å²) in [4.78, 5) is 25.2. The van der Waals surface area contributed by atoms with Crippen molar-refractivity contribution in [2.45, 2.75) is 38.9 Å². The van der Waals surface area contributed by atoms with E-state index >= 15 is 0 Å². The fraction of sp³-hybridized carbons (Fsp3) is 0.0588. The Morgan fingerprint density at radius 2 is 0.706 bits per heavy atom. The number of aromatic amines is 1. The predicted octanol–water partition coefficient (Wildman–Crippen LogP) is 29.8. The maximum Gasteiger partial charge on any atom is 0.494 e. The number of hydrogen-bond donors (Lipinski definition) is 1. The molecule has 0 saturated carbocycles. The molecule has 0 radical (unpaired) electrons. The number of nitrogens with zero attached hydrogens (tertiary/aromatic N) is 2. The summed E-state index contributed by atoms with van der Waals surface area (Å²) in [6, 6.07) is 125. The molecule has 1 aliphatic heterocycles. The van der Waals surface area contributed by atoms with Crippen molar-refractivity contribution in [3.63, 3.8) is 0 Å². The molecule has 17 aromatic carbocycles. The molecule has 0 bridgehead atoms. The summed E-state index contributed by atoms with van der Waals surface area (Å²) < 4.78 is 24.5. The van der Waals surface area contributed by atoms with E-state index in [-0.39, 0.29) is 34.6 Å². The standard InChI is InChI=1S/C22H13NO2S.C22H13NS.C18H19BO2S.C18H15P.C12H7BrS.C10H6BrNO2/c24-23(25)19-11-9-14-5-1-2-6-16(14)22(19)15-10-12-21-18(13-15)17-7-3-4-8-20(17)26-21;1-2-6-14-13(5-1)9-10-18-22(14)17-11-16-15-7-3-4-8-20(15)24-21(16)12-19(17)23-18;1-17(2)18(3,4)21-19(20-17)12-9-10-16-14(11-12)13-7-5-6-8-15(13)22-16;1-4-10-16(11-5-1)19(17-12-6-2-7-13-17)18-14-8-3-9-15-18;13-8-5-6-12-10(7-8)9-3-1-2-4-11(9)14-12;11-10-8-4-2-1-3-7(8)5-6-9(10)12(13)14/h1-13H;1-12,23H;5-11H,1-4H3;1-15H;1-7H;1-6H. The van der Waals surface area contributed by atoms with Crippen LogP contribution in [0.4, 0.5) is 11.4 Å². The lowest BCUT2D eigenvalue weighted by molar-refractivity contribution is -0.385. The Morgan fingerprint density at radius 3 is 1.22 bits per heavy atom. The van der Waals surface area contributed by atoms with Gasteiger partial charge in [-0.3, -0.25) is 20.2 Å². The van der Waals surface area contributed by atoms with Gasteiger partial charge in [-0.15, -0.1) is 45.3 Å². The Labute approximate surface area is 720 Å². The summed E-state index contributed by atoms with van der Waals surface area (Å²) in [6.07, 6.45) is 0. The molecule has 0 unspecified atom stereocenters. The first kappa shape index (κ1) is 78.5. The Hall–Kier alpha value is -11.6. The van der Waals surface area contributed by atoms with Gasteiger partial charge < -0.3 is 14.3 Å². The minimum absolute atomic E-state index is 0.101. The second-order valence-corrected chi connectivity index (χ2v) is 38.2. The first-order chi connectivity index (χ1) is 58.0. The third-order valence-electron chi connectivity index (χ3n) is 22.1. The van der Waals surface area contributed by atoms with Crippen molar-refractivity contribution in [1.82, 2.24) is 4.98 Å². The van der Waals surface area contributed by atoms with Crippen molar-refractivity contribution >= 4 is 260 Å². The van der Waals surface area contributed by atoms with Crippen molar-refractivity contribution < 1.29 is 19.2 Å². The summed E-state index contributed by atoms with van der Waals surface area (Å²) in [6.45, 7) is 8.36. The third kappa shape index (κ3) is 15.9. The van der Waals surface area contributed by atoms with Crippen LogP contribution in [0.3, 0.4) is 0 Å². The first-order valence-electron chi connectivity index (χ1n) is 38.9. The van der Waals surface area contributed by atoms with Gasteiger partial charge in [0.2, 0.25) is 0 Å². The molecule has 0 aliphatic carbocycles. The van der Waals surface area contributed by atoms with Crippen LogP contribution in [0.1, 0.15) is 27.7 Å². The van der Waals surface area contributed by atoms with Crippen LogP contribution in [0.15, 0.2) is 373 Å². The topological polar surface area (TPSA) is 121 Å². The largest absolute Gasteiger partial charge is 0.494 e. The van der Waals surface area contributed by atoms with Crippen molar-refractivity contribution in [2.24, 2.45) is 0 Å². The number of hydrogen-bond acceptors (Lipinski definition) is 10. The third-order valence-corrected chi connectivity index (χ3v) is 30.5. The number of thiophene rings is 4. The van der Waals surface area contributed by atoms with Crippen molar-refractivity contribution in [2.75, 3.05) is 0 Å². The van der Waals surface area contributed by atoms with E-state index in [1.54, 1.807) is 23.5 Å². The first-order valence-corrected chi connectivity index (χ1v) is 45.1. The van der Waals surface area contributed by atoms with Crippen LogP contribution in [0, 0.1) is 20.2 Å². The molecule has 0 spiro atoms. The van der Waals surface area contributed by atoms with Crippen LogP contribution in [-0.2, 0) is 9.31 Å². The van der Waals surface area contributed by atoms with Gasteiger partial charge in [-0.2, -0.15) is 0 Å². The fourth-order valence-corrected chi connectivity index (χ4v) is 23.3. The smallest absolute Gasteiger partial charge is 0.399 e. The van der Waals surface area contributed by atoms with Crippen LogP contribution in [0.5, 0.6) is 0 Å². The Morgan fingerprint density at radius 1 is 0.328 bits per heavy atom. The van der Waals surface area contributed by atoms with Crippen molar-refractivity contribution in [3.8, 4) is 11.1 Å². The van der Waals surface area contributed by atoms with Gasteiger partial charge in [0, 0.05) is 119 Å². The van der Waals surface area contributed by atoms with E-state index in [9.17, 15) is 20.2 Å². The van der Waals surface area contributed by atoms with Crippen LogP contribution in [-0.4, -0.2) is 33.2 Å². The van der Waals surface area contributed by atoms with Crippen LogP contribution >= 0.6 is 85.1 Å². The number of fused-ring (bicyclic) bond motifs is 19. The zero-order valence-electron chi connectivity index (χ0n) is 64.9. The van der Waals surface area contributed by atoms with Gasteiger partial charge in [0.05, 0.1) is 26.6 Å². The van der Waals surface area contributed by atoms with Gasteiger partial charge in [0.15, 0.2) is 0 Å². The van der Waals surface area contributed by atoms with E-state index in [1.807, 2.05) is 107 Å². The van der Waals surface area contributed by atoms with E-state index in [0.29, 0.717) is 10.0 Å². The van der Waals surface area contributed by atoms with Crippen LogP contribution < -0.4 is 21.4 Å². The molecule has 17 heteroatoms. The van der Waals surface area contributed by atoms with E-state index in [1.165, 1.54) is 130 Å². The van der Waals surface area contributed by atoms with E-state index in [0.717, 1.165) is 42.4 Å². The lowest BCUT2D eigenvalue weighted by Gasteiger charge is -2.32. The average molecular weight is 1770 g/mol. The number of benzene rings is 17. The number of nitrogens with one attached hydrogen (secondary N) is 1.